The van der Waals surface area contributed by atoms with Gasteiger partial charge in [0, 0.05) is 5.56 Å². The Bertz CT molecular complexity index is 938. The lowest BCUT2D eigenvalue weighted by Gasteiger charge is -2.27. The minimum absolute atomic E-state index is 0. The molecule has 29 heavy (non-hydrogen) atoms. The molecule has 0 radical (unpaired) electrons. The number of ketones is 1. The molecule has 0 amide bonds. The molecule has 0 heterocycles. The van der Waals surface area contributed by atoms with Gasteiger partial charge >= 0.3 is 0 Å². The van der Waals surface area contributed by atoms with Gasteiger partial charge in [0.25, 0.3) is 0 Å². The van der Waals surface area contributed by atoms with E-state index in [1.807, 2.05) is 48.5 Å². The van der Waals surface area contributed by atoms with E-state index in [-0.39, 0.29) is 22.8 Å². The third-order valence-electron chi connectivity index (χ3n) is 5.07. The van der Waals surface area contributed by atoms with Gasteiger partial charge in [-0.1, -0.05) is 84.9 Å². The van der Waals surface area contributed by atoms with Crippen LogP contribution in [0.25, 0.3) is 0 Å². The molecule has 4 aromatic rings. The van der Waals surface area contributed by atoms with Crippen molar-refractivity contribution in [2.24, 2.45) is 0 Å². The van der Waals surface area contributed by atoms with Gasteiger partial charge in [0.05, 0.1) is 0 Å². The van der Waals surface area contributed by atoms with E-state index in [2.05, 4.69) is 72.8 Å². The Morgan fingerprint density at radius 2 is 0.828 bits per heavy atom. The Balaban J connectivity index is 0.00000240. The molecule has 0 aliphatic rings. The molecule has 0 aliphatic heterocycles. The number of hydrogen-bond donors (Lipinski definition) is 0. The number of carbonyl (C=O) groups excluding carboxylic acids is 1. The van der Waals surface area contributed by atoms with Gasteiger partial charge in [-0.2, -0.15) is 0 Å². The van der Waals surface area contributed by atoms with Crippen molar-refractivity contribution in [3.63, 3.8) is 0 Å². The second kappa shape index (κ2) is 9.78. The van der Waals surface area contributed by atoms with E-state index in [1.165, 1.54) is 15.9 Å². The van der Waals surface area contributed by atoms with Crippen LogP contribution in [0.3, 0.4) is 0 Å². The van der Waals surface area contributed by atoms with Crippen molar-refractivity contribution in [3.8, 4) is 0 Å². The van der Waals surface area contributed by atoms with Gasteiger partial charge in [-0.25, -0.2) is 0 Å². The maximum Gasteiger partial charge on any atom is 0.201 e. The fourth-order valence-corrected chi connectivity index (χ4v) is 7.80. The minimum atomic E-state index is -2.12. The van der Waals surface area contributed by atoms with Crippen molar-refractivity contribution in [1.29, 1.82) is 0 Å². The number of carbonyl (C=O) groups is 1. The van der Waals surface area contributed by atoms with Crippen molar-refractivity contribution in [2.75, 3.05) is 6.16 Å². The molecule has 144 valence electrons. The van der Waals surface area contributed by atoms with Gasteiger partial charge in [-0.05, 0) is 36.4 Å². The van der Waals surface area contributed by atoms with Crippen molar-refractivity contribution < 1.29 is 4.79 Å². The molecule has 0 saturated heterocycles. The van der Waals surface area contributed by atoms with Crippen molar-refractivity contribution in [2.45, 2.75) is 0 Å². The molecule has 0 bridgehead atoms. The summed E-state index contributed by atoms with van der Waals surface area (Å²) in [5.41, 5.74) is 0.773. The Hall–Kier alpha value is -2.54. The molecule has 4 aromatic carbocycles. The van der Waals surface area contributed by atoms with E-state index in [4.69, 9.17) is 0 Å². The van der Waals surface area contributed by atoms with E-state index in [0.717, 1.165) is 5.56 Å². The fourth-order valence-electron chi connectivity index (χ4n) is 3.70. The summed E-state index contributed by atoms with van der Waals surface area (Å²) >= 11 is 0. The maximum atomic E-state index is 13.4. The van der Waals surface area contributed by atoms with Crippen LogP contribution in [-0.2, 0) is 0 Å². The van der Waals surface area contributed by atoms with E-state index in [1.54, 1.807) is 0 Å². The van der Waals surface area contributed by atoms with E-state index < -0.39 is 7.26 Å². The smallest absolute Gasteiger partial charge is 0.201 e. The topological polar surface area (TPSA) is 17.1 Å². The summed E-state index contributed by atoms with van der Waals surface area (Å²) in [7, 11) is -2.12. The maximum absolute atomic E-state index is 13.4. The lowest BCUT2D eigenvalue weighted by molar-refractivity contribution is 0.102. The van der Waals surface area contributed by atoms with Crippen LogP contribution >= 0.6 is 24.2 Å². The Morgan fingerprint density at radius 1 is 0.517 bits per heavy atom. The van der Waals surface area contributed by atoms with Gasteiger partial charge in [0.2, 0.25) is 5.78 Å². The van der Waals surface area contributed by atoms with E-state index in [9.17, 15) is 4.79 Å². The summed E-state index contributed by atoms with van der Waals surface area (Å²) in [6, 6.07) is 41.2. The molecular formula is C26H23BrOP+. The van der Waals surface area contributed by atoms with Crippen LogP contribution in [-0.4, -0.2) is 11.9 Å². The molecule has 0 fully saturated rings. The zero-order valence-electron chi connectivity index (χ0n) is 16.0. The second-order valence-electron chi connectivity index (χ2n) is 6.76. The van der Waals surface area contributed by atoms with Crippen LogP contribution in [0, 0.1) is 0 Å². The lowest BCUT2D eigenvalue weighted by Crippen LogP contribution is -2.35. The van der Waals surface area contributed by atoms with Gasteiger partial charge in [-0.3, -0.25) is 4.79 Å². The van der Waals surface area contributed by atoms with Crippen molar-refractivity contribution in [3.05, 3.63) is 127 Å². The highest BCUT2D eigenvalue weighted by Gasteiger charge is 2.47. The average molecular weight is 462 g/mol. The summed E-state index contributed by atoms with van der Waals surface area (Å²) in [6.07, 6.45) is 0.481. The standard InChI is InChI=1S/C26H22OP.BrH/c27-26(22-13-5-1-6-14-22)21-28(23-15-7-2-8-16-23,24-17-9-3-10-18-24)25-19-11-4-12-20-25;/h1-20H,21H2;1H/q+1;. The van der Waals surface area contributed by atoms with Crippen molar-refractivity contribution in [1.82, 2.24) is 0 Å². The van der Waals surface area contributed by atoms with Crippen LogP contribution in [0.1, 0.15) is 10.4 Å². The number of rotatable bonds is 6. The lowest BCUT2D eigenvalue weighted by atomic mass is 10.2. The molecule has 0 aliphatic carbocycles. The first-order valence-corrected chi connectivity index (χ1v) is 11.4. The molecule has 0 unspecified atom stereocenters. The first-order valence-electron chi connectivity index (χ1n) is 9.44. The third-order valence-corrected chi connectivity index (χ3v) is 9.37. The largest absolute Gasteiger partial charge is 0.290 e. The normalized spacial score (nSPS) is 10.8. The zero-order chi connectivity index (χ0) is 19.2. The number of hydrogen-bond acceptors (Lipinski definition) is 1. The summed E-state index contributed by atoms with van der Waals surface area (Å²) in [5.74, 6) is 0.186. The molecule has 0 spiro atoms. The number of Topliss-reactive ketones (excluding diaryl/α,β-unsaturated/α-hetero) is 1. The second-order valence-corrected chi connectivity index (χ2v) is 10.2. The molecule has 0 saturated carbocycles. The highest BCUT2D eigenvalue weighted by atomic mass is 79.9. The van der Waals surface area contributed by atoms with Gasteiger partial charge in [0.1, 0.15) is 29.3 Å². The van der Waals surface area contributed by atoms with Crippen LogP contribution in [0.4, 0.5) is 0 Å². The predicted molar refractivity (Wildman–Crippen MR) is 131 cm³/mol. The highest BCUT2D eigenvalue weighted by molar-refractivity contribution is 8.93. The molecule has 1 nitrogen and oxygen atoms in total. The third kappa shape index (κ3) is 4.40. The fraction of sp³-hybridized carbons (Fsp3) is 0.0385. The molecule has 0 atom stereocenters. The first-order chi connectivity index (χ1) is 13.8. The van der Waals surface area contributed by atoms with E-state index in [0.29, 0.717) is 6.16 Å². The molecular weight excluding hydrogens is 439 g/mol. The molecule has 4 rings (SSSR count). The number of benzene rings is 4. The summed E-state index contributed by atoms with van der Waals surface area (Å²) in [5, 5.41) is 3.70. The predicted octanol–water partition coefficient (Wildman–Crippen LogP) is 5.44. The summed E-state index contributed by atoms with van der Waals surface area (Å²) < 4.78 is 0. The van der Waals surface area contributed by atoms with Crippen molar-refractivity contribution >= 4 is 45.9 Å². The van der Waals surface area contributed by atoms with Crippen LogP contribution < -0.4 is 15.9 Å². The summed E-state index contributed by atoms with van der Waals surface area (Å²) in [6.45, 7) is 0. The quantitative estimate of drug-likeness (QED) is 0.276. The minimum Gasteiger partial charge on any atom is -0.290 e. The highest BCUT2D eigenvalue weighted by Crippen LogP contribution is 2.55. The SMILES string of the molecule is Br.O=C(C[P+](c1ccccc1)(c1ccccc1)c1ccccc1)c1ccccc1. The Morgan fingerprint density at radius 3 is 1.17 bits per heavy atom. The Kier molecular flexibility index (Phi) is 7.14. The zero-order valence-corrected chi connectivity index (χ0v) is 18.6. The molecule has 0 N–H and O–H groups in total. The molecule has 3 heteroatoms. The first kappa shape index (κ1) is 21.2. The van der Waals surface area contributed by atoms with E-state index >= 15 is 0 Å². The van der Waals surface area contributed by atoms with Crippen LogP contribution in [0.15, 0.2) is 121 Å². The van der Waals surface area contributed by atoms with Crippen LogP contribution in [0.2, 0.25) is 0 Å². The molecule has 0 aromatic heterocycles. The monoisotopic (exact) mass is 461 g/mol. The van der Waals surface area contributed by atoms with Crippen LogP contribution in [0.5, 0.6) is 0 Å². The Labute approximate surface area is 183 Å². The van der Waals surface area contributed by atoms with Gasteiger partial charge in [0.15, 0.2) is 0 Å². The van der Waals surface area contributed by atoms with Gasteiger partial charge in [-0.15, -0.1) is 17.0 Å². The van der Waals surface area contributed by atoms with Gasteiger partial charge < -0.3 is 0 Å². The summed E-state index contributed by atoms with van der Waals surface area (Å²) in [4.78, 5) is 13.4. The average Bonchev–Trinajstić information content (AvgIpc) is 2.80. The number of halogens is 1.